The quantitative estimate of drug-likeness (QED) is 0.844. The number of benzodiazepines with no additional fused rings is 1. The number of anilines is 1. The molecule has 0 amide bonds. The lowest BCUT2D eigenvalue weighted by atomic mass is 10.0. The molecule has 19 heavy (non-hydrogen) atoms. The number of hydrogen-bond donors (Lipinski definition) is 1. The number of aliphatic imine (C=N–C) groups is 1. The highest BCUT2D eigenvalue weighted by Crippen LogP contribution is 2.26. The van der Waals surface area contributed by atoms with Crippen molar-refractivity contribution in [2.45, 2.75) is 6.17 Å². The monoisotopic (exact) mass is 251 g/mol. The maximum absolute atomic E-state index is 6.15. The van der Waals surface area contributed by atoms with E-state index in [1.807, 2.05) is 37.4 Å². The first-order chi connectivity index (χ1) is 9.27. The number of nitrogens with two attached hydrogens (primary N) is 1. The van der Waals surface area contributed by atoms with E-state index < -0.39 is 0 Å². The van der Waals surface area contributed by atoms with Crippen LogP contribution in [0, 0.1) is 0 Å². The van der Waals surface area contributed by atoms with Crippen molar-refractivity contribution in [2.24, 2.45) is 10.7 Å². The van der Waals surface area contributed by atoms with Crippen molar-refractivity contribution < 1.29 is 0 Å². The molecule has 2 aromatic rings. The van der Waals surface area contributed by atoms with Gasteiger partial charge in [-0.05, 0) is 6.07 Å². The average Bonchev–Trinajstić information content (AvgIpc) is 2.59. The number of para-hydroxylation sites is 1. The first kappa shape index (κ1) is 11.9. The van der Waals surface area contributed by atoms with Gasteiger partial charge in [-0.3, -0.25) is 4.99 Å². The molecule has 3 rings (SSSR count). The Kier molecular flexibility index (Phi) is 3.05. The van der Waals surface area contributed by atoms with Crippen LogP contribution in [0.4, 0.5) is 5.69 Å². The molecule has 2 N–H and O–H groups in total. The van der Waals surface area contributed by atoms with Crippen molar-refractivity contribution in [3.63, 3.8) is 0 Å². The van der Waals surface area contributed by atoms with Gasteiger partial charge in [0.2, 0.25) is 0 Å². The van der Waals surface area contributed by atoms with Crippen LogP contribution < -0.4 is 10.6 Å². The number of rotatable bonds is 1. The Morgan fingerprint density at radius 2 is 1.74 bits per heavy atom. The van der Waals surface area contributed by atoms with Crippen LogP contribution in [0.15, 0.2) is 59.6 Å². The smallest absolute Gasteiger partial charge is 0.0966 e. The minimum atomic E-state index is -0.0811. The van der Waals surface area contributed by atoms with Crippen LogP contribution in [0.1, 0.15) is 11.1 Å². The summed E-state index contributed by atoms with van der Waals surface area (Å²) in [5.41, 5.74) is 10.6. The topological polar surface area (TPSA) is 41.6 Å². The molecule has 0 spiro atoms. The number of nitrogens with zero attached hydrogens (tertiary/aromatic N) is 2. The van der Waals surface area contributed by atoms with E-state index in [1.165, 1.54) is 0 Å². The third-order valence-corrected chi connectivity index (χ3v) is 3.52. The highest BCUT2D eigenvalue weighted by atomic mass is 15.2. The second kappa shape index (κ2) is 4.86. The SMILES string of the molecule is CN1c2ccccc2C(c2ccccc2)=NCC1N. The summed E-state index contributed by atoms with van der Waals surface area (Å²) in [6.45, 7) is 0.607. The number of hydrogen-bond acceptors (Lipinski definition) is 3. The van der Waals surface area contributed by atoms with Gasteiger partial charge in [0.1, 0.15) is 0 Å². The average molecular weight is 251 g/mol. The molecular formula is C16H17N3. The van der Waals surface area contributed by atoms with Crippen LogP contribution >= 0.6 is 0 Å². The standard InChI is InChI=1S/C16H17N3/c1-19-14-10-6-5-9-13(14)16(18-11-15(19)17)12-7-3-2-4-8-12/h2-10,15H,11,17H2,1H3. The fourth-order valence-electron chi connectivity index (χ4n) is 2.40. The molecule has 0 saturated heterocycles. The Morgan fingerprint density at radius 3 is 2.53 bits per heavy atom. The molecule has 2 aromatic carbocycles. The van der Waals surface area contributed by atoms with E-state index in [4.69, 9.17) is 10.7 Å². The lowest BCUT2D eigenvalue weighted by molar-refractivity contribution is 0.672. The Morgan fingerprint density at radius 1 is 1.05 bits per heavy atom. The molecular weight excluding hydrogens is 234 g/mol. The second-order valence-electron chi connectivity index (χ2n) is 4.75. The Hall–Kier alpha value is -2.13. The lowest BCUT2D eigenvalue weighted by Crippen LogP contribution is -2.41. The Bertz CT molecular complexity index is 604. The van der Waals surface area contributed by atoms with E-state index in [-0.39, 0.29) is 6.17 Å². The molecule has 0 bridgehead atoms. The van der Waals surface area contributed by atoms with E-state index in [2.05, 4.69) is 29.2 Å². The molecule has 3 heteroatoms. The number of likely N-dealkylation sites (N-methyl/N-ethyl adjacent to an activating group) is 1. The third kappa shape index (κ3) is 2.13. The summed E-state index contributed by atoms with van der Waals surface area (Å²) in [6, 6.07) is 18.6. The molecule has 0 fully saturated rings. The van der Waals surface area contributed by atoms with Gasteiger partial charge in [-0.1, -0.05) is 48.5 Å². The van der Waals surface area contributed by atoms with Gasteiger partial charge < -0.3 is 10.6 Å². The van der Waals surface area contributed by atoms with Crippen molar-refractivity contribution in [3.05, 3.63) is 65.7 Å². The zero-order chi connectivity index (χ0) is 13.2. The second-order valence-corrected chi connectivity index (χ2v) is 4.75. The highest BCUT2D eigenvalue weighted by Gasteiger charge is 2.21. The maximum Gasteiger partial charge on any atom is 0.0966 e. The van der Waals surface area contributed by atoms with Gasteiger partial charge in [0.25, 0.3) is 0 Å². The van der Waals surface area contributed by atoms with Crippen molar-refractivity contribution >= 4 is 11.4 Å². The molecule has 1 unspecified atom stereocenters. The van der Waals surface area contributed by atoms with Crippen LogP contribution in [0.3, 0.4) is 0 Å². The van der Waals surface area contributed by atoms with E-state index >= 15 is 0 Å². The zero-order valence-corrected chi connectivity index (χ0v) is 11.0. The fraction of sp³-hybridized carbons (Fsp3) is 0.188. The summed E-state index contributed by atoms with van der Waals surface area (Å²) >= 11 is 0. The van der Waals surface area contributed by atoms with E-state index in [1.54, 1.807) is 0 Å². The van der Waals surface area contributed by atoms with Crippen LogP contribution in [0.25, 0.3) is 0 Å². The van der Waals surface area contributed by atoms with Gasteiger partial charge in [0.05, 0.1) is 18.4 Å². The van der Waals surface area contributed by atoms with Crippen molar-refractivity contribution in [1.82, 2.24) is 0 Å². The maximum atomic E-state index is 6.15. The van der Waals surface area contributed by atoms with Gasteiger partial charge >= 0.3 is 0 Å². The van der Waals surface area contributed by atoms with Gasteiger partial charge in [0, 0.05) is 23.9 Å². The number of benzene rings is 2. The first-order valence-electron chi connectivity index (χ1n) is 6.45. The molecule has 1 atom stereocenters. The molecule has 1 aliphatic heterocycles. The predicted molar refractivity (Wildman–Crippen MR) is 79.8 cm³/mol. The molecule has 1 heterocycles. The molecule has 0 saturated carbocycles. The van der Waals surface area contributed by atoms with Gasteiger partial charge in [-0.15, -0.1) is 0 Å². The third-order valence-electron chi connectivity index (χ3n) is 3.52. The molecule has 0 radical (unpaired) electrons. The van der Waals surface area contributed by atoms with Crippen molar-refractivity contribution in [3.8, 4) is 0 Å². The lowest BCUT2D eigenvalue weighted by Gasteiger charge is -2.25. The van der Waals surface area contributed by atoms with Gasteiger partial charge in [0.15, 0.2) is 0 Å². The van der Waals surface area contributed by atoms with Crippen LogP contribution in [-0.4, -0.2) is 25.5 Å². The van der Waals surface area contributed by atoms with Crippen LogP contribution in [-0.2, 0) is 0 Å². The van der Waals surface area contributed by atoms with Gasteiger partial charge in [-0.2, -0.15) is 0 Å². The van der Waals surface area contributed by atoms with E-state index in [0.29, 0.717) is 6.54 Å². The molecule has 3 nitrogen and oxygen atoms in total. The molecule has 96 valence electrons. The largest absolute Gasteiger partial charge is 0.357 e. The van der Waals surface area contributed by atoms with E-state index in [0.717, 1.165) is 22.5 Å². The Balaban J connectivity index is 2.17. The summed E-state index contributed by atoms with van der Waals surface area (Å²) in [5, 5.41) is 0. The van der Waals surface area contributed by atoms with Crippen molar-refractivity contribution in [2.75, 3.05) is 18.5 Å². The van der Waals surface area contributed by atoms with Gasteiger partial charge in [-0.25, -0.2) is 0 Å². The normalized spacial score (nSPS) is 18.5. The minimum absolute atomic E-state index is 0.0811. The van der Waals surface area contributed by atoms with Crippen LogP contribution in [0.2, 0.25) is 0 Å². The summed E-state index contributed by atoms with van der Waals surface area (Å²) < 4.78 is 0. The van der Waals surface area contributed by atoms with Crippen LogP contribution in [0.5, 0.6) is 0 Å². The number of fused-ring (bicyclic) bond motifs is 1. The Labute approximate surface area is 113 Å². The first-order valence-corrected chi connectivity index (χ1v) is 6.45. The summed E-state index contributed by atoms with van der Waals surface area (Å²) in [5.74, 6) is 0. The van der Waals surface area contributed by atoms with Crippen molar-refractivity contribution in [1.29, 1.82) is 0 Å². The summed E-state index contributed by atoms with van der Waals surface area (Å²) in [6.07, 6.45) is -0.0811. The predicted octanol–water partition coefficient (Wildman–Crippen LogP) is 2.26. The summed E-state index contributed by atoms with van der Waals surface area (Å²) in [7, 11) is 2.02. The zero-order valence-electron chi connectivity index (χ0n) is 11.0. The molecule has 0 aromatic heterocycles. The molecule has 0 aliphatic carbocycles. The fourth-order valence-corrected chi connectivity index (χ4v) is 2.40. The minimum Gasteiger partial charge on any atom is -0.357 e. The highest BCUT2D eigenvalue weighted by molar-refractivity contribution is 6.16. The van der Waals surface area contributed by atoms with E-state index in [9.17, 15) is 0 Å². The molecule has 1 aliphatic rings. The summed E-state index contributed by atoms with van der Waals surface area (Å²) in [4.78, 5) is 6.81.